The molecular weight excluding hydrogens is 366 g/mol. The van der Waals surface area contributed by atoms with Crippen molar-refractivity contribution >= 4 is 23.5 Å². The van der Waals surface area contributed by atoms with Gasteiger partial charge in [0.05, 0.1) is 24.8 Å². The first-order chi connectivity index (χ1) is 13.0. The highest BCUT2D eigenvalue weighted by atomic mass is 35.5. The van der Waals surface area contributed by atoms with E-state index < -0.39 is 6.10 Å². The molecule has 1 aliphatic rings. The molecule has 148 valence electrons. The maximum absolute atomic E-state index is 12.2. The van der Waals surface area contributed by atoms with E-state index in [4.69, 9.17) is 16.3 Å². The van der Waals surface area contributed by atoms with Crippen molar-refractivity contribution in [1.29, 1.82) is 0 Å². The molecule has 5 nitrogen and oxygen atoms in total. The molecule has 27 heavy (non-hydrogen) atoms. The van der Waals surface area contributed by atoms with E-state index in [0.717, 1.165) is 31.2 Å². The van der Waals surface area contributed by atoms with Crippen molar-refractivity contribution in [2.45, 2.75) is 50.7 Å². The van der Waals surface area contributed by atoms with Crippen LogP contribution in [0.3, 0.4) is 0 Å². The standard InChI is InChI=1S/C21H28ClNO4/c1-27-21(26)17-7-5-16(6-8-17)13-15-23-18(10-12-20(23)25)9-11-19(24)4-2-3-14-22/h5-9,11,18-19,24H,2-4,10,12-15H2,1H3. The maximum Gasteiger partial charge on any atom is 0.337 e. The predicted octanol–water partition coefficient (Wildman–Crippen LogP) is 3.33. The molecule has 1 aromatic rings. The van der Waals surface area contributed by atoms with Crippen LogP contribution in [0.25, 0.3) is 0 Å². The van der Waals surface area contributed by atoms with Gasteiger partial charge >= 0.3 is 5.97 Å². The van der Waals surface area contributed by atoms with E-state index in [-0.39, 0.29) is 17.9 Å². The van der Waals surface area contributed by atoms with Crippen LogP contribution in [0.5, 0.6) is 0 Å². The van der Waals surface area contributed by atoms with Gasteiger partial charge in [-0.25, -0.2) is 4.79 Å². The third-order valence-electron chi connectivity index (χ3n) is 4.83. The average Bonchev–Trinajstić information content (AvgIpc) is 3.04. The molecule has 1 amide bonds. The van der Waals surface area contributed by atoms with Gasteiger partial charge in [0.2, 0.25) is 5.91 Å². The van der Waals surface area contributed by atoms with Crippen molar-refractivity contribution in [3.8, 4) is 0 Å². The number of likely N-dealkylation sites (tertiary alicyclic amines) is 1. The molecule has 1 saturated heterocycles. The van der Waals surface area contributed by atoms with Crippen molar-refractivity contribution in [3.05, 3.63) is 47.5 Å². The first kappa shape index (κ1) is 21.5. The SMILES string of the molecule is COC(=O)c1ccc(CCN2C(=O)CCC2C=CC(O)CCCCCl)cc1. The molecule has 2 rings (SSSR count). The number of rotatable bonds is 10. The van der Waals surface area contributed by atoms with Crippen LogP contribution in [0.15, 0.2) is 36.4 Å². The molecule has 1 heterocycles. The third-order valence-corrected chi connectivity index (χ3v) is 5.10. The van der Waals surface area contributed by atoms with Crippen LogP contribution in [0.4, 0.5) is 0 Å². The number of hydrogen-bond acceptors (Lipinski definition) is 4. The highest BCUT2D eigenvalue weighted by Gasteiger charge is 2.28. The number of ether oxygens (including phenoxy) is 1. The van der Waals surface area contributed by atoms with Crippen molar-refractivity contribution < 1.29 is 19.4 Å². The molecule has 0 bridgehead atoms. The third kappa shape index (κ3) is 6.67. The number of unbranched alkanes of at least 4 members (excludes halogenated alkanes) is 1. The Hall–Kier alpha value is -1.85. The summed E-state index contributed by atoms with van der Waals surface area (Å²) in [5.74, 6) is 0.403. The van der Waals surface area contributed by atoms with E-state index in [2.05, 4.69) is 0 Å². The largest absolute Gasteiger partial charge is 0.465 e. The molecule has 1 aromatic carbocycles. The van der Waals surface area contributed by atoms with Crippen molar-refractivity contribution in [2.24, 2.45) is 0 Å². The Labute approximate surface area is 166 Å². The van der Waals surface area contributed by atoms with E-state index in [1.54, 1.807) is 18.2 Å². The highest BCUT2D eigenvalue weighted by molar-refractivity contribution is 6.17. The number of nitrogens with zero attached hydrogens (tertiary/aromatic N) is 1. The van der Waals surface area contributed by atoms with E-state index >= 15 is 0 Å². The van der Waals surface area contributed by atoms with Gasteiger partial charge in [-0.05, 0) is 49.8 Å². The second-order valence-electron chi connectivity index (χ2n) is 6.77. The van der Waals surface area contributed by atoms with Gasteiger partial charge in [-0.3, -0.25) is 4.79 Å². The Morgan fingerprint density at radius 1 is 1.37 bits per heavy atom. The molecule has 1 aliphatic heterocycles. The topological polar surface area (TPSA) is 66.8 Å². The quantitative estimate of drug-likeness (QED) is 0.286. The first-order valence-electron chi connectivity index (χ1n) is 9.44. The smallest absolute Gasteiger partial charge is 0.337 e. The summed E-state index contributed by atoms with van der Waals surface area (Å²) in [4.78, 5) is 25.5. The monoisotopic (exact) mass is 393 g/mol. The first-order valence-corrected chi connectivity index (χ1v) is 9.97. The van der Waals surface area contributed by atoms with E-state index in [1.807, 2.05) is 23.1 Å². The van der Waals surface area contributed by atoms with Gasteiger partial charge < -0.3 is 14.7 Å². The van der Waals surface area contributed by atoms with Crippen molar-refractivity contribution in [3.63, 3.8) is 0 Å². The van der Waals surface area contributed by atoms with Crippen molar-refractivity contribution in [1.82, 2.24) is 4.90 Å². The number of halogens is 1. The minimum Gasteiger partial charge on any atom is -0.465 e. The van der Waals surface area contributed by atoms with Gasteiger partial charge in [0.25, 0.3) is 0 Å². The van der Waals surface area contributed by atoms with Gasteiger partial charge in [-0.1, -0.05) is 24.3 Å². The van der Waals surface area contributed by atoms with Crippen LogP contribution >= 0.6 is 11.6 Å². The lowest BCUT2D eigenvalue weighted by Gasteiger charge is -2.23. The van der Waals surface area contributed by atoms with Gasteiger partial charge in [0, 0.05) is 18.8 Å². The van der Waals surface area contributed by atoms with Crippen LogP contribution < -0.4 is 0 Å². The zero-order chi connectivity index (χ0) is 19.6. The molecule has 0 aliphatic carbocycles. The van der Waals surface area contributed by atoms with Gasteiger partial charge in [-0.2, -0.15) is 0 Å². The van der Waals surface area contributed by atoms with Crippen molar-refractivity contribution in [2.75, 3.05) is 19.5 Å². The summed E-state index contributed by atoms with van der Waals surface area (Å²) >= 11 is 5.65. The van der Waals surface area contributed by atoms with Crippen LogP contribution in [0.1, 0.15) is 48.0 Å². The second-order valence-corrected chi connectivity index (χ2v) is 7.15. The summed E-state index contributed by atoms with van der Waals surface area (Å²) in [6, 6.07) is 7.29. The Balaban J connectivity index is 1.87. The minimum absolute atomic E-state index is 0.0366. The zero-order valence-electron chi connectivity index (χ0n) is 15.8. The van der Waals surface area contributed by atoms with Gasteiger partial charge in [0.1, 0.15) is 0 Å². The summed E-state index contributed by atoms with van der Waals surface area (Å²) in [5.41, 5.74) is 1.58. The molecule has 2 unspecified atom stereocenters. The summed E-state index contributed by atoms with van der Waals surface area (Å²) in [6.45, 7) is 0.619. The van der Waals surface area contributed by atoms with Gasteiger partial charge in [0.15, 0.2) is 0 Å². The Kier molecular flexibility index (Phi) is 8.82. The lowest BCUT2D eigenvalue weighted by atomic mass is 10.1. The van der Waals surface area contributed by atoms with Crippen LogP contribution in [-0.2, 0) is 16.0 Å². The summed E-state index contributed by atoms with van der Waals surface area (Å²) in [5, 5.41) is 10.0. The Morgan fingerprint density at radius 2 is 2.11 bits per heavy atom. The average molecular weight is 394 g/mol. The number of benzene rings is 1. The van der Waals surface area contributed by atoms with E-state index in [1.165, 1.54) is 7.11 Å². The fourth-order valence-corrected chi connectivity index (χ4v) is 3.41. The zero-order valence-corrected chi connectivity index (χ0v) is 16.5. The molecule has 0 spiro atoms. The lowest BCUT2D eigenvalue weighted by Crippen LogP contribution is -2.33. The lowest BCUT2D eigenvalue weighted by molar-refractivity contribution is -0.128. The molecule has 0 saturated carbocycles. The number of alkyl halides is 1. The number of carbonyl (C=O) groups excluding carboxylic acids is 2. The molecule has 0 radical (unpaired) electrons. The molecule has 6 heteroatoms. The van der Waals surface area contributed by atoms with E-state index in [9.17, 15) is 14.7 Å². The summed E-state index contributed by atoms with van der Waals surface area (Å²) in [6.07, 6.45) is 7.79. The molecular formula is C21H28ClNO4. The number of methoxy groups -OCH3 is 1. The van der Waals surface area contributed by atoms with E-state index in [0.29, 0.717) is 30.8 Å². The fraction of sp³-hybridized carbons (Fsp3) is 0.524. The molecule has 1 N–H and O–H groups in total. The Morgan fingerprint density at radius 3 is 2.78 bits per heavy atom. The maximum atomic E-state index is 12.2. The fourth-order valence-electron chi connectivity index (χ4n) is 3.22. The number of hydrogen-bond donors (Lipinski definition) is 1. The number of carbonyl (C=O) groups is 2. The van der Waals surface area contributed by atoms with Crippen LogP contribution in [0.2, 0.25) is 0 Å². The van der Waals surface area contributed by atoms with Crippen LogP contribution in [0, 0.1) is 0 Å². The molecule has 1 fully saturated rings. The van der Waals surface area contributed by atoms with Crippen LogP contribution in [-0.4, -0.2) is 53.6 Å². The van der Waals surface area contributed by atoms with Gasteiger partial charge in [-0.15, -0.1) is 11.6 Å². The second kappa shape index (κ2) is 11.1. The summed E-state index contributed by atoms with van der Waals surface area (Å²) in [7, 11) is 1.36. The normalized spacial score (nSPS) is 18.3. The number of esters is 1. The number of aliphatic hydroxyl groups excluding tert-OH is 1. The number of aliphatic hydroxyl groups is 1. The Bertz CT molecular complexity index is 644. The molecule has 2 atom stereocenters. The highest BCUT2D eigenvalue weighted by Crippen LogP contribution is 2.21. The summed E-state index contributed by atoms with van der Waals surface area (Å²) < 4.78 is 4.70. The number of amides is 1. The molecule has 0 aromatic heterocycles. The minimum atomic E-state index is -0.489. The predicted molar refractivity (Wildman–Crippen MR) is 106 cm³/mol.